The largest absolute Gasteiger partial charge is 0.395 e. The van der Waals surface area contributed by atoms with E-state index < -0.39 is 29.6 Å². The van der Waals surface area contributed by atoms with Gasteiger partial charge in [-0.25, -0.2) is 0 Å². The van der Waals surface area contributed by atoms with Gasteiger partial charge in [0.2, 0.25) is 0 Å². The second-order valence-electron chi connectivity index (χ2n) is 7.27. The van der Waals surface area contributed by atoms with Crippen molar-refractivity contribution in [3.05, 3.63) is 81.7 Å². The lowest BCUT2D eigenvalue weighted by Gasteiger charge is -2.23. The Bertz CT molecular complexity index is 1470. The van der Waals surface area contributed by atoms with Crippen molar-refractivity contribution in [2.24, 2.45) is 5.73 Å². The van der Waals surface area contributed by atoms with Crippen molar-refractivity contribution < 1.29 is 24.3 Å². The van der Waals surface area contributed by atoms with Gasteiger partial charge in [-0.1, -0.05) is 42.5 Å². The highest BCUT2D eigenvalue weighted by atomic mass is 16.3. The van der Waals surface area contributed by atoms with E-state index >= 15 is 0 Å². The van der Waals surface area contributed by atoms with E-state index in [0.717, 1.165) is 0 Å². The molecule has 0 saturated heterocycles. The van der Waals surface area contributed by atoms with E-state index in [1.54, 1.807) is 54.6 Å². The quantitative estimate of drug-likeness (QED) is 0.254. The molecule has 0 saturated carbocycles. The summed E-state index contributed by atoms with van der Waals surface area (Å²) in [5.41, 5.74) is 6.19. The first kappa shape index (κ1) is 18.7. The molecule has 1 heterocycles. The maximum Gasteiger partial charge on any atom is 0.259 e. The van der Waals surface area contributed by atoms with Crippen LogP contribution in [0.15, 0.2) is 54.6 Å². The number of ketones is 2. The van der Waals surface area contributed by atoms with Crippen LogP contribution in [0.4, 0.5) is 0 Å². The number of carbonyl (C=O) groups excluding carboxylic acids is 4. The molecule has 152 valence electrons. The molecule has 8 nitrogen and oxygen atoms in total. The number of benzene rings is 3. The molecule has 0 aromatic heterocycles. The molecular weight excluding hydrogens is 398 g/mol. The Labute approximate surface area is 174 Å². The summed E-state index contributed by atoms with van der Waals surface area (Å²) in [4.78, 5) is 50.6. The molecule has 8 heteroatoms. The lowest BCUT2D eigenvalue weighted by atomic mass is 9.88. The fourth-order valence-corrected chi connectivity index (χ4v) is 4.04. The molecule has 0 radical (unpaired) electrons. The SMILES string of the molecule is NC1=c2cc3cccc4c3c(c2=C(NC(O)c2ccccc2)C(=O)C1=O)C(=O)NC4=O. The van der Waals surface area contributed by atoms with Crippen molar-refractivity contribution in [1.82, 2.24) is 10.6 Å². The molecule has 2 amide bonds. The van der Waals surface area contributed by atoms with Crippen molar-refractivity contribution in [2.45, 2.75) is 6.23 Å². The van der Waals surface area contributed by atoms with Gasteiger partial charge >= 0.3 is 0 Å². The molecule has 1 aliphatic carbocycles. The van der Waals surface area contributed by atoms with Crippen LogP contribution in [0.5, 0.6) is 0 Å². The Morgan fingerprint density at radius 2 is 1.65 bits per heavy atom. The van der Waals surface area contributed by atoms with Gasteiger partial charge in [-0.15, -0.1) is 0 Å². The van der Waals surface area contributed by atoms with Gasteiger partial charge in [-0.05, 0) is 17.5 Å². The topological polar surface area (TPSA) is 139 Å². The summed E-state index contributed by atoms with van der Waals surface area (Å²) < 4.78 is 0. The Hall–Kier alpha value is -4.30. The number of hydrogen-bond donors (Lipinski definition) is 4. The van der Waals surface area contributed by atoms with Crippen LogP contribution >= 0.6 is 0 Å². The van der Waals surface area contributed by atoms with Crippen molar-refractivity contribution in [3.63, 3.8) is 0 Å². The fraction of sp³-hybridized carbons (Fsp3) is 0.0435. The highest BCUT2D eigenvalue weighted by Crippen LogP contribution is 2.24. The summed E-state index contributed by atoms with van der Waals surface area (Å²) in [6, 6.07) is 14.9. The third-order valence-electron chi connectivity index (χ3n) is 5.48. The van der Waals surface area contributed by atoms with E-state index in [4.69, 9.17) is 5.73 Å². The average Bonchev–Trinajstić information content (AvgIpc) is 2.78. The third-order valence-corrected chi connectivity index (χ3v) is 5.48. The molecule has 0 fully saturated rings. The average molecular weight is 413 g/mol. The number of Topliss-reactive ketones (excluding diaryl/α,β-unsaturated/α-hetero) is 2. The Morgan fingerprint density at radius 1 is 0.903 bits per heavy atom. The summed E-state index contributed by atoms with van der Waals surface area (Å²) in [7, 11) is 0. The molecule has 5 N–H and O–H groups in total. The minimum Gasteiger partial charge on any atom is -0.395 e. The summed E-state index contributed by atoms with van der Waals surface area (Å²) in [6.45, 7) is 0. The van der Waals surface area contributed by atoms with E-state index in [1.807, 2.05) is 0 Å². The van der Waals surface area contributed by atoms with Crippen molar-refractivity contribution in [3.8, 4) is 0 Å². The number of rotatable bonds is 3. The van der Waals surface area contributed by atoms with Gasteiger partial charge in [-0.2, -0.15) is 0 Å². The fourth-order valence-electron chi connectivity index (χ4n) is 4.04. The van der Waals surface area contributed by atoms with Gasteiger partial charge in [0.15, 0.2) is 6.23 Å². The van der Waals surface area contributed by atoms with Crippen LogP contribution in [-0.4, -0.2) is 28.5 Å². The Morgan fingerprint density at radius 3 is 2.39 bits per heavy atom. The summed E-state index contributed by atoms with van der Waals surface area (Å²) >= 11 is 0. The zero-order valence-corrected chi connectivity index (χ0v) is 15.9. The molecule has 0 spiro atoms. The van der Waals surface area contributed by atoms with Gasteiger partial charge in [-0.3, -0.25) is 24.5 Å². The molecular formula is C23H15N3O5. The highest BCUT2D eigenvalue weighted by molar-refractivity contribution is 6.62. The number of nitrogens with two attached hydrogens (primary N) is 1. The Kier molecular flexibility index (Phi) is 3.99. The molecule has 1 unspecified atom stereocenters. The van der Waals surface area contributed by atoms with Crippen LogP contribution in [0.1, 0.15) is 32.5 Å². The molecule has 31 heavy (non-hydrogen) atoms. The van der Waals surface area contributed by atoms with Gasteiger partial charge in [0.1, 0.15) is 0 Å². The molecule has 1 aliphatic heterocycles. The van der Waals surface area contributed by atoms with E-state index in [1.165, 1.54) is 0 Å². The van der Waals surface area contributed by atoms with Crippen LogP contribution in [0.3, 0.4) is 0 Å². The van der Waals surface area contributed by atoms with E-state index in [9.17, 15) is 24.3 Å². The predicted molar refractivity (Wildman–Crippen MR) is 111 cm³/mol. The van der Waals surface area contributed by atoms with Gasteiger partial charge in [0, 0.05) is 27.0 Å². The lowest BCUT2D eigenvalue weighted by molar-refractivity contribution is -0.130. The monoisotopic (exact) mass is 413 g/mol. The number of nitrogens with one attached hydrogen (secondary N) is 2. The van der Waals surface area contributed by atoms with Crippen LogP contribution in [0, 0.1) is 0 Å². The van der Waals surface area contributed by atoms with Crippen LogP contribution in [0.25, 0.3) is 22.2 Å². The lowest BCUT2D eigenvalue weighted by Crippen LogP contribution is -2.52. The second-order valence-corrected chi connectivity index (χ2v) is 7.27. The van der Waals surface area contributed by atoms with Crippen molar-refractivity contribution in [1.29, 1.82) is 0 Å². The smallest absolute Gasteiger partial charge is 0.259 e. The first-order chi connectivity index (χ1) is 14.9. The zero-order chi connectivity index (χ0) is 21.9. The minimum absolute atomic E-state index is 0.0502. The summed E-state index contributed by atoms with van der Waals surface area (Å²) in [5.74, 6) is -3.19. The van der Waals surface area contributed by atoms with E-state index in [2.05, 4.69) is 10.6 Å². The summed E-state index contributed by atoms with van der Waals surface area (Å²) in [6.07, 6.45) is -1.33. The predicted octanol–water partition coefficient (Wildman–Crippen LogP) is -0.669. The number of amides is 2. The van der Waals surface area contributed by atoms with Crippen LogP contribution < -0.4 is 26.8 Å². The van der Waals surface area contributed by atoms with Gasteiger partial charge in [0.05, 0.1) is 17.0 Å². The van der Waals surface area contributed by atoms with E-state index in [0.29, 0.717) is 16.3 Å². The molecule has 0 bridgehead atoms. The highest BCUT2D eigenvalue weighted by Gasteiger charge is 2.34. The van der Waals surface area contributed by atoms with Crippen LogP contribution in [0.2, 0.25) is 0 Å². The van der Waals surface area contributed by atoms with Crippen molar-refractivity contribution >= 4 is 45.5 Å². The number of aliphatic hydroxyl groups is 1. The minimum atomic E-state index is -1.33. The van der Waals surface area contributed by atoms with Gasteiger partial charge in [0.25, 0.3) is 23.4 Å². The van der Waals surface area contributed by atoms with E-state index in [-0.39, 0.29) is 33.0 Å². The molecule has 3 aromatic rings. The Balaban J connectivity index is 1.92. The summed E-state index contributed by atoms with van der Waals surface area (Å²) in [5, 5.41) is 16.7. The maximum absolute atomic E-state index is 12.9. The molecule has 5 rings (SSSR count). The number of carbonyl (C=O) groups is 4. The van der Waals surface area contributed by atoms with Crippen molar-refractivity contribution in [2.75, 3.05) is 0 Å². The standard InChI is InChI=1S/C23H15N3O5/c24-17-13-9-11-7-4-8-12-14(11)16(23(31)26-22(12)30)15(13)18(20(28)19(17)27)25-21(29)10-5-2-1-3-6-10/h1-9,21,25,29H,24H2,(H,26,30,31). The number of hydrogen-bond acceptors (Lipinski definition) is 7. The number of aliphatic hydroxyl groups excluding tert-OH is 1. The van der Waals surface area contributed by atoms with Gasteiger partial charge < -0.3 is 16.2 Å². The first-order valence-electron chi connectivity index (χ1n) is 9.42. The molecule has 2 aliphatic rings. The zero-order valence-electron chi connectivity index (χ0n) is 15.9. The number of fused-ring (bicyclic) bond motifs is 2. The number of imide groups is 1. The van der Waals surface area contributed by atoms with Crippen LogP contribution in [-0.2, 0) is 9.59 Å². The molecule has 3 aromatic carbocycles. The first-order valence-corrected chi connectivity index (χ1v) is 9.42. The molecule has 1 atom stereocenters. The maximum atomic E-state index is 12.9. The third kappa shape index (κ3) is 2.66. The second kappa shape index (κ2) is 6.61. The normalized spacial score (nSPS) is 16.3.